The number of rotatable bonds is 8. The highest BCUT2D eigenvalue weighted by Gasteiger charge is 2.40. The van der Waals surface area contributed by atoms with Crippen molar-refractivity contribution in [3.63, 3.8) is 0 Å². The van der Waals surface area contributed by atoms with Crippen LogP contribution in [0.1, 0.15) is 12.0 Å². The minimum atomic E-state index is -0.675. The van der Waals surface area contributed by atoms with Crippen molar-refractivity contribution < 1.29 is 19.4 Å². The van der Waals surface area contributed by atoms with E-state index in [0.717, 1.165) is 5.56 Å². The van der Waals surface area contributed by atoms with Crippen molar-refractivity contribution in [2.24, 2.45) is 10.2 Å². The van der Waals surface area contributed by atoms with Crippen molar-refractivity contribution in [2.45, 2.75) is 11.7 Å². The fourth-order valence-electron chi connectivity index (χ4n) is 3.40. The Kier molecular flexibility index (Phi) is 8.15. The predicted octanol–water partition coefficient (Wildman–Crippen LogP) is 4.93. The van der Waals surface area contributed by atoms with Crippen LogP contribution in [-0.4, -0.2) is 40.7 Å². The second kappa shape index (κ2) is 11.9. The first kappa shape index (κ1) is 24.7. The number of hydrogen-bond donors (Lipinski definition) is 2. The first-order valence-electron chi connectivity index (χ1n) is 11.1. The second-order valence-corrected chi connectivity index (χ2v) is 8.86. The van der Waals surface area contributed by atoms with Crippen molar-refractivity contribution >= 4 is 52.4 Å². The lowest BCUT2D eigenvalue weighted by Crippen LogP contribution is -2.33. The molecule has 2 N–H and O–H groups in total. The normalized spacial score (nSPS) is 16.8. The number of carbonyl (C=O) groups is 2. The summed E-state index contributed by atoms with van der Waals surface area (Å²) < 4.78 is 5.13. The SMILES string of the molecule is COc1ccc(NC(=O)CC2SC(=NN=CC=Cc3ccccc3)N(c3ccc(O)cc3)C2=O)cc1. The molecule has 1 fully saturated rings. The van der Waals surface area contributed by atoms with Gasteiger partial charge in [0.15, 0.2) is 5.17 Å². The summed E-state index contributed by atoms with van der Waals surface area (Å²) in [5, 5.41) is 20.4. The third kappa shape index (κ3) is 6.39. The van der Waals surface area contributed by atoms with Crippen molar-refractivity contribution in [3.8, 4) is 11.5 Å². The number of methoxy groups -OCH3 is 1. The van der Waals surface area contributed by atoms with Crippen LogP contribution in [-0.2, 0) is 9.59 Å². The summed E-state index contributed by atoms with van der Waals surface area (Å²) in [5.41, 5.74) is 2.16. The molecule has 1 aliphatic rings. The number of amidine groups is 1. The van der Waals surface area contributed by atoms with Gasteiger partial charge in [0.05, 0.1) is 12.8 Å². The summed E-state index contributed by atoms with van der Waals surface area (Å²) >= 11 is 1.17. The summed E-state index contributed by atoms with van der Waals surface area (Å²) in [6, 6.07) is 22.9. The fourth-order valence-corrected chi connectivity index (χ4v) is 4.49. The van der Waals surface area contributed by atoms with E-state index in [-0.39, 0.29) is 24.0 Å². The van der Waals surface area contributed by atoms with Crippen LogP contribution in [0.15, 0.2) is 95.1 Å². The molecule has 3 aromatic rings. The zero-order chi connectivity index (χ0) is 25.3. The molecule has 1 saturated heterocycles. The second-order valence-electron chi connectivity index (χ2n) is 7.69. The lowest BCUT2D eigenvalue weighted by atomic mass is 10.2. The van der Waals surface area contributed by atoms with Crippen LogP contribution in [0.3, 0.4) is 0 Å². The molecule has 1 atom stereocenters. The van der Waals surface area contributed by atoms with Crippen LogP contribution >= 0.6 is 11.8 Å². The third-order valence-electron chi connectivity index (χ3n) is 5.17. The number of anilines is 2. The van der Waals surface area contributed by atoms with Gasteiger partial charge in [0.2, 0.25) is 11.8 Å². The summed E-state index contributed by atoms with van der Waals surface area (Å²) in [5.74, 6) is 0.173. The Balaban J connectivity index is 1.48. The van der Waals surface area contributed by atoms with E-state index in [2.05, 4.69) is 15.5 Å². The van der Waals surface area contributed by atoms with Crippen LogP contribution in [0.4, 0.5) is 11.4 Å². The molecule has 9 heteroatoms. The quantitative estimate of drug-likeness (QED) is 0.337. The molecule has 0 spiro atoms. The number of hydrogen-bond acceptors (Lipinski definition) is 7. The van der Waals surface area contributed by atoms with Gasteiger partial charge in [-0.15, -0.1) is 5.10 Å². The number of allylic oxidation sites excluding steroid dienone is 1. The Bertz CT molecular complexity index is 1290. The van der Waals surface area contributed by atoms with Crippen LogP contribution in [0, 0.1) is 0 Å². The maximum Gasteiger partial charge on any atom is 0.247 e. The van der Waals surface area contributed by atoms with Crippen molar-refractivity contribution in [1.82, 2.24) is 0 Å². The topological polar surface area (TPSA) is 104 Å². The van der Waals surface area contributed by atoms with Gasteiger partial charge in [0, 0.05) is 18.3 Å². The van der Waals surface area contributed by atoms with E-state index in [0.29, 0.717) is 22.3 Å². The molecular formula is C27H24N4O4S. The summed E-state index contributed by atoms with van der Waals surface area (Å²) in [7, 11) is 1.57. The molecule has 0 aliphatic carbocycles. The van der Waals surface area contributed by atoms with Gasteiger partial charge >= 0.3 is 0 Å². The first-order chi connectivity index (χ1) is 17.5. The Morgan fingerprint density at radius 2 is 1.81 bits per heavy atom. The molecule has 8 nitrogen and oxygen atoms in total. The highest BCUT2D eigenvalue weighted by atomic mass is 32.2. The van der Waals surface area contributed by atoms with Gasteiger partial charge in [-0.05, 0) is 60.2 Å². The van der Waals surface area contributed by atoms with E-state index in [1.807, 2.05) is 36.4 Å². The number of nitrogens with one attached hydrogen (secondary N) is 1. The first-order valence-corrected chi connectivity index (χ1v) is 12.0. The van der Waals surface area contributed by atoms with E-state index in [4.69, 9.17) is 4.74 Å². The maximum atomic E-state index is 13.2. The molecule has 1 unspecified atom stereocenters. The Hall–Kier alpha value is -4.37. The average Bonchev–Trinajstić information content (AvgIpc) is 3.19. The fraction of sp³-hybridized carbons (Fsp3) is 0.111. The monoisotopic (exact) mass is 500 g/mol. The van der Waals surface area contributed by atoms with E-state index in [9.17, 15) is 14.7 Å². The minimum Gasteiger partial charge on any atom is -0.508 e. The summed E-state index contributed by atoms with van der Waals surface area (Å²) in [6.07, 6.45) is 5.14. The highest BCUT2D eigenvalue weighted by Crippen LogP contribution is 2.34. The van der Waals surface area contributed by atoms with Crippen LogP contribution in [0.5, 0.6) is 11.5 Å². The van der Waals surface area contributed by atoms with Gasteiger partial charge in [0.1, 0.15) is 16.7 Å². The lowest BCUT2D eigenvalue weighted by molar-refractivity contribution is -0.121. The molecule has 0 bridgehead atoms. The molecule has 2 amide bonds. The Morgan fingerprint density at radius 1 is 1.08 bits per heavy atom. The molecule has 1 heterocycles. The average molecular weight is 501 g/mol. The van der Waals surface area contributed by atoms with E-state index in [1.54, 1.807) is 49.6 Å². The smallest absolute Gasteiger partial charge is 0.247 e. The summed E-state index contributed by atoms with van der Waals surface area (Å²) in [4.78, 5) is 27.3. The number of aromatic hydroxyl groups is 1. The van der Waals surface area contributed by atoms with Crippen molar-refractivity contribution in [3.05, 3.63) is 90.5 Å². The molecular weight excluding hydrogens is 476 g/mol. The van der Waals surface area contributed by atoms with E-state index >= 15 is 0 Å². The van der Waals surface area contributed by atoms with Gasteiger partial charge in [-0.1, -0.05) is 48.2 Å². The van der Waals surface area contributed by atoms with Gasteiger partial charge in [-0.3, -0.25) is 14.5 Å². The van der Waals surface area contributed by atoms with Crippen molar-refractivity contribution in [1.29, 1.82) is 0 Å². The maximum absolute atomic E-state index is 13.2. The molecule has 0 saturated carbocycles. The number of phenols is 1. The van der Waals surface area contributed by atoms with Crippen molar-refractivity contribution in [2.75, 3.05) is 17.3 Å². The minimum absolute atomic E-state index is 0.0409. The number of nitrogens with zero attached hydrogens (tertiary/aromatic N) is 3. The number of amides is 2. The molecule has 36 heavy (non-hydrogen) atoms. The number of thioether (sulfide) groups is 1. The molecule has 3 aromatic carbocycles. The van der Waals surface area contributed by atoms with E-state index in [1.165, 1.54) is 35.0 Å². The van der Waals surface area contributed by atoms with Gasteiger partial charge < -0.3 is 15.2 Å². The largest absolute Gasteiger partial charge is 0.508 e. The van der Waals surface area contributed by atoms with Crippen LogP contribution in [0.2, 0.25) is 0 Å². The predicted molar refractivity (Wildman–Crippen MR) is 145 cm³/mol. The highest BCUT2D eigenvalue weighted by molar-refractivity contribution is 8.16. The molecule has 4 rings (SSSR count). The third-order valence-corrected chi connectivity index (χ3v) is 6.30. The zero-order valence-electron chi connectivity index (χ0n) is 19.4. The van der Waals surface area contributed by atoms with Gasteiger partial charge in [-0.25, -0.2) is 0 Å². The molecule has 0 radical (unpaired) electrons. The number of carbonyl (C=O) groups excluding carboxylic acids is 2. The molecule has 182 valence electrons. The van der Waals surface area contributed by atoms with Gasteiger partial charge in [-0.2, -0.15) is 5.10 Å². The molecule has 0 aromatic heterocycles. The Morgan fingerprint density at radius 3 is 2.50 bits per heavy atom. The van der Waals surface area contributed by atoms with Gasteiger partial charge in [0.25, 0.3) is 0 Å². The summed E-state index contributed by atoms with van der Waals surface area (Å²) in [6.45, 7) is 0. The molecule has 1 aliphatic heterocycles. The number of ether oxygens (including phenoxy) is 1. The lowest BCUT2D eigenvalue weighted by Gasteiger charge is -2.15. The number of benzene rings is 3. The number of phenolic OH excluding ortho intramolecular Hbond substituents is 1. The van der Waals surface area contributed by atoms with Crippen LogP contribution < -0.4 is 15.0 Å². The Labute approximate surface area is 213 Å². The standard InChI is InChI=1S/C27H24N4O4S/c1-35-23-15-9-20(10-16-23)29-25(33)18-24-26(34)31(21-11-13-22(32)14-12-21)27(36-24)30-28-17-5-8-19-6-3-2-4-7-19/h2-17,24,32H,18H2,1H3,(H,29,33). The van der Waals surface area contributed by atoms with Crippen LogP contribution in [0.25, 0.3) is 6.08 Å². The van der Waals surface area contributed by atoms with E-state index < -0.39 is 5.25 Å². The zero-order valence-corrected chi connectivity index (χ0v) is 20.3.